The van der Waals surface area contributed by atoms with Crippen molar-refractivity contribution in [3.05, 3.63) is 71.3 Å². The van der Waals surface area contributed by atoms with Gasteiger partial charge in [0.05, 0.1) is 6.61 Å². The summed E-state index contributed by atoms with van der Waals surface area (Å²) in [6.07, 6.45) is 24.2. The maximum Gasteiger partial charge on any atom is 0.126 e. The summed E-state index contributed by atoms with van der Waals surface area (Å²) in [6, 6.07) is 16.9. The second kappa shape index (κ2) is 19.3. The Balaban J connectivity index is 1.61. The van der Waals surface area contributed by atoms with E-state index in [2.05, 4.69) is 62.4 Å². The third-order valence-corrected chi connectivity index (χ3v) is 6.99. The number of hydrogen-bond acceptors (Lipinski definition) is 2. The van der Waals surface area contributed by atoms with E-state index in [0.717, 1.165) is 41.2 Å². The van der Waals surface area contributed by atoms with Crippen molar-refractivity contribution in [2.24, 2.45) is 0 Å². The molecular weight excluding hydrogens is 444 g/mol. The number of rotatable bonds is 20. The molecule has 0 radical (unpaired) electrons. The predicted octanol–water partition coefficient (Wildman–Crippen LogP) is 10.5. The molecule has 1 nitrogen and oxygen atoms in total. The molecule has 2 rings (SSSR count). The number of thiocarbonyl (C=S) groups is 1. The van der Waals surface area contributed by atoms with E-state index in [1.54, 1.807) is 0 Å². The molecular formula is C33H48OS. The van der Waals surface area contributed by atoms with Crippen LogP contribution in [0.1, 0.15) is 120 Å². The molecule has 192 valence electrons. The van der Waals surface area contributed by atoms with Crippen molar-refractivity contribution < 1.29 is 4.74 Å². The third kappa shape index (κ3) is 13.1. The highest BCUT2D eigenvalue weighted by atomic mass is 32.1. The van der Waals surface area contributed by atoms with E-state index in [4.69, 9.17) is 17.0 Å². The van der Waals surface area contributed by atoms with Crippen LogP contribution in [0, 0.1) is 0 Å². The van der Waals surface area contributed by atoms with E-state index in [1.807, 2.05) is 12.1 Å². The Kier molecular flexibility index (Phi) is 16.1. The summed E-state index contributed by atoms with van der Waals surface area (Å²) in [6.45, 7) is 5.28. The van der Waals surface area contributed by atoms with Crippen molar-refractivity contribution >= 4 is 23.2 Å². The third-order valence-electron chi connectivity index (χ3n) is 6.62. The Morgan fingerprint density at radius 3 is 1.86 bits per heavy atom. The summed E-state index contributed by atoms with van der Waals surface area (Å²) in [7, 11) is 0. The van der Waals surface area contributed by atoms with E-state index < -0.39 is 0 Å². The first-order valence-corrected chi connectivity index (χ1v) is 14.7. The Hall–Kier alpha value is -1.93. The van der Waals surface area contributed by atoms with Crippen LogP contribution in [0.3, 0.4) is 0 Å². The van der Waals surface area contributed by atoms with Crippen molar-refractivity contribution in [2.75, 3.05) is 6.61 Å². The van der Waals surface area contributed by atoms with E-state index in [0.29, 0.717) is 0 Å². The minimum Gasteiger partial charge on any atom is -0.493 e. The number of benzene rings is 2. The van der Waals surface area contributed by atoms with Crippen molar-refractivity contribution in [1.82, 2.24) is 0 Å². The van der Waals surface area contributed by atoms with Crippen LogP contribution < -0.4 is 4.74 Å². The van der Waals surface area contributed by atoms with Gasteiger partial charge in [-0.1, -0.05) is 152 Å². The van der Waals surface area contributed by atoms with Gasteiger partial charge >= 0.3 is 0 Å². The van der Waals surface area contributed by atoms with Gasteiger partial charge in [0.15, 0.2) is 0 Å². The summed E-state index contributed by atoms with van der Waals surface area (Å²) < 4.78 is 6.12. The smallest absolute Gasteiger partial charge is 0.126 e. The van der Waals surface area contributed by atoms with Crippen LogP contribution in [-0.2, 0) is 6.42 Å². The van der Waals surface area contributed by atoms with Gasteiger partial charge in [-0.05, 0) is 42.2 Å². The standard InChI is InChI=1S/C33H48OS/c1-3-5-6-7-8-9-10-11-12-13-14-15-18-28-34-32-21-17-16-20-30(32)26-27-33(35)31-24-22-29(19-4-2)23-25-31/h16-17,20-27H,3-15,18-19,28H2,1-2H3. The van der Waals surface area contributed by atoms with E-state index >= 15 is 0 Å². The zero-order valence-corrected chi connectivity index (χ0v) is 23.2. The summed E-state index contributed by atoms with van der Waals surface area (Å²) in [4.78, 5) is 0.861. The van der Waals surface area contributed by atoms with Gasteiger partial charge in [0.25, 0.3) is 0 Å². The fraction of sp³-hybridized carbons (Fsp3) is 0.545. The SMILES string of the molecule is CCCCCCCCCCCCCCCOc1ccccc1C=CC(=S)c1ccc(CCC)cc1. The van der Waals surface area contributed by atoms with Crippen molar-refractivity contribution in [2.45, 2.75) is 110 Å². The number of para-hydroxylation sites is 1. The largest absolute Gasteiger partial charge is 0.493 e. The van der Waals surface area contributed by atoms with Crippen LogP contribution in [0.4, 0.5) is 0 Å². The minimum atomic E-state index is 0.784. The van der Waals surface area contributed by atoms with Gasteiger partial charge in [-0.25, -0.2) is 0 Å². The first kappa shape index (κ1) is 29.3. The van der Waals surface area contributed by atoms with Gasteiger partial charge in [-0.2, -0.15) is 0 Å². The van der Waals surface area contributed by atoms with Crippen molar-refractivity contribution in [1.29, 1.82) is 0 Å². The Morgan fingerprint density at radius 1 is 0.686 bits per heavy atom. The number of aryl methyl sites for hydroxylation is 1. The number of allylic oxidation sites excluding steroid dienone is 1. The van der Waals surface area contributed by atoms with E-state index in [-0.39, 0.29) is 0 Å². The molecule has 0 amide bonds. The maximum atomic E-state index is 6.12. The highest BCUT2D eigenvalue weighted by Gasteiger charge is 2.02. The number of hydrogen-bond donors (Lipinski definition) is 0. The molecule has 0 saturated heterocycles. The Labute approximate surface area is 221 Å². The number of ether oxygens (including phenoxy) is 1. The van der Waals surface area contributed by atoms with Crippen LogP contribution in [-0.4, -0.2) is 11.5 Å². The molecule has 0 aliphatic rings. The molecule has 0 atom stereocenters. The molecule has 0 saturated carbocycles. The van der Waals surface area contributed by atoms with E-state index in [9.17, 15) is 0 Å². The van der Waals surface area contributed by atoms with Crippen LogP contribution in [0.5, 0.6) is 5.75 Å². The molecule has 0 aliphatic carbocycles. The lowest BCUT2D eigenvalue weighted by atomic mass is 10.0. The minimum absolute atomic E-state index is 0.784. The molecule has 2 aromatic carbocycles. The normalized spacial score (nSPS) is 11.3. The summed E-state index contributed by atoms with van der Waals surface area (Å²) in [5.41, 5.74) is 3.56. The van der Waals surface area contributed by atoms with Crippen LogP contribution in [0.2, 0.25) is 0 Å². The van der Waals surface area contributed by atoms with Gasteiger partial charge in [0.1, 0.15) is 5.75 Å². The first-order valence-electron chi connectivity index (χ1n) is 14.3. The molecule has 0 aliphatic heterocycles. The lowest BCUT2D eigenvalue weighted by Crippen LogP contribution is -1.99. The second-order valence-corrected chi connectivity index (χ2v) is 10.2. The lowest BCUT2D eigenvalue weighted by Gasteiger charge is -2.09. The molecule has 2 aromatic rings. The zero-order valence-electron chi connectivity index (χ0n) is 22.4. The molecule has 0 N–H and O–H groups in total. The number of unbranched alkanes of at least 4 members (excludes halogenated alkanes) is 12. The monoisotopic (exact) mass is 492 g/mol. The molecule has 0 heterocycles. The summed E-state index contributed by atoms with van der Waals surface area (Å²) in [5.74, 6) is 0.948. The molecule has 0 bridgehead atoms. The van der Waals surface area contributed by atoms with Crippen molar-refractivity contribution in [3.8, 4) is 5.75 Å². The predicted molar refractivity (Wildman–Crippen MR) is 159 cm³/mol. The quantitative estimate of drug-likeness (QED) is 0.0786. The average Bonchev–Trinajstić information content (AvgIpc) is 2.88. The van der Waals surface area contributed by atoms with Crippen molar-refractivity contribution in [3.63, 3.8) is 0 Å². The van der Waals surface area contributed by atoms with Crippen LogP contribution >= 0.6 is 12.2 Å². The fourth-order valence-corrected chi connectivity index (χ4v) is 4.64. The highest BCUT2D eigenvalue weighted by molar-refractivity contribution is 7.81. The Bertz CT molecular complexity index is 836. The second-order valence-electron chi connectivity index (χ2n) is 9.77. The highest BCUT2D eigenvalue weighted by Crippen LogP contribution is 2.21. The van der Waals surface area contributed by atoms with Gasteiger partial charge in [-0.15, -0.1) is 0 Å². The van der Waals surface area contributed by atoms with E-state index in [1.165, 1.54) is 89.0 Å². The molecule has 0 unspecified atom stereocenters. The summed E-state index contributed by atoms with van der Waals surface area (Å²) >= 11 is 5.64. The average molecular weight is 493 g/mol. The van der Waals surface area contributed by atoms with Gasteiger partial charge in [0, 0.05) is 10.4 Å². The maximum absolute atomic E-state index is 6.12. The lowest BCUT2D eigenvalue weighted by molar-refractivity contribution is 0.303. The van der Waals surface area contributed by atoms with Crippen LogP contribution in [0.25, 0.3) is 6.08 Å². The Morgan fingerprint density at radius 2 is 1.26 bits per heavy atom. The molecule has 0 fully saturated rings. The van der Waals surface area contributed by atoms with Gasteiger partial charge < -0.3 is 4.74 Å². The first-order chi connectivity index (χ1) is 17.2. The van der Waals surface area contributed by atoms with Crippen LogP contribution in [0.15, 0.2) is 54.6 Å². The summed E-state index contributed by atoms with van der Waals surface area (Å²) in [5, 5.41) is 0. The molecule has 35 heavy (non-hydrogen) atoms. The van der Waals surface area contributed by atoms with Gasteiger partial charge in [0.2, 0.25) is 0 Å². The molecule has 2 heteroatoms. The zero-order chi connectivity index (χ0) is 25.0. The molecule has 0 aromatic heterocycles. The fourth-order valence-electron chi connectivity index (χ4n) is 4.44. The topological polar surface area (TPSA) is 9.23 Å². The molecule has 0 spiro atoms. The van der Waals surface area contributed by atoms with Gasteiger partial charge in [-0.3, -0.25) is 0 Å².